The molecule has 1 aliphatic carbocycles. The zero-order valence-electron chi connectivity index (χ0n) is 37.5. The van der Waals surface area contributed by atoms with Crippen molar-refractivity contribution >= 4 is 34.5 Å². The van der Waals surface area contributed by atoms with Gasteiger partial charge < -0.3 is 23.8 Å². The van der Waals surface area contributed by atoms with Crippen molar-refractivity contribution in [1.29, 1.82) is 0 Å². The van der Waals surface area contributed by atoms with Crippen molar-refractivity contribution in [3.63, 3.8) is 0 Å². The number of fused-ring (bicyclic) bond motifs is 6. The molecule has 2 fully saturated rings. The molecule has 3 aliphatic heterocycles. The number of halogens is 1. The molecule has 0 aromatic heterocycles. The van der Waals surface area contributed by atoms with Gasteiger partial charge in [0.05, 0.1) is 24.3 Å². The van der Waals surface area contributed by atoms with Crippen LogP contribution in [0.1, 0.15) is 127 Å². The summed E-state index contributed by atoms with van der Waals surface area (Å²) in [4.78, 5) is 29.5. The van der Waals surface area contributed by atoms with Gasteiger partial charge in [0.15, 0.2) is 5.60 Å². The third kappa shape index (κ3) is 8.11. The summed E-state index contributed by atoms with van der Waals surface area (Å²) in [7, 11) is 0. The first-order valence-corrected chi connectivity index (χ1v) is 23.5. The maximum Gasteiger partial charge on any atom is 0.343 e. The van der Waals surface area contributed by atoms with Crippen LogP contribution in [0.15, 0.2) is 121 Å². The van der Waals surface area contributed by atoms with Crippen LogP contribution in [0, 0.1) is 11.7 Å². The van der Waals surface area contributed by atoms with Crippen molar-refractivity contribution in [2.24, 2.45) is 5.92 Å². The number of ether oxygens (including phenoxy) is 4. The summed E-state index contributed by atoms with van der Waals surface area (Å²) in [5.74, 6) is 1.26. The van der Waals surface area contributed by atoms with E-state index in [1.165, 1.54) is 63.0 Å². The van der Waals surface area contributed by atoms with Gasteiger partial charge in [-0.3, -0.25) is 0 Å². The van der Waals surface area contributed by atoms with E-state index in [-0.39, 0.29) is 0 Å². The van der Waals surface area contributed by atoms with Gasteiger partial charge in [0.25, 0.3) is 0 Å². The van der Waals surface area contributed by atoms with Crippen LogP contribution >= 0.6 is 0 Å². The second-order valence-electron chi connectivity index (χ2n) is 18.7. The minimum atomic E-state index is -1.32. The van der Waals surface area contributed by atoms with Crippen molar-refractivity contribution in [1.82, 2.24) is 0 Å². The molecule has 1 unspecified atom stereocenters. The molecule has 332 valence electrons. The highest BCUT2D eigenvalue weighted by atomic mass is 19.1. The highest BCUT2D eigenvalue weighted by Gasteiger charge is 2.46. The van der Waals surface area contributed by atoms with Crippen LogP contribution in [0.4, 0.5) is 10.1 Å². The molecular formula is C57H56FNO6. The van der Waals surface area contributed by atoms with Gasteiger partial charge in [-0.2, -0.15) is 0 Å². The normalized spacial score (nSPS) is 21.0. The standard InChI is InChI=1S/C57H56FNO6/c1-4-5-6-9-37-12-14-38(15-13-37)39-20-27-45(28-21-39)63-54(60)41-18-16-40(17-19-41)42-22-29-46-48(36-42)51-52(56(2,3)65-55(51)61)47-30-31-57(64-53(46)47,49-10-7-8-11-50(49)58)43-23-25-44(26-24-43)59-32-34-62-35-33-59/h7-8,10-11,16-31,36-38H,4-6,9,12-15,32-35H2,1-3H3. The first kappa shape index (κ1) is 42.7. The third-order valence-electron chi connectivity index (χ3n) is 14.2. The van der Waals surface area contributed by atoms with E-state index in [0.717, 1.165) is 52.5 Å². The van der Waals surface area contributed by atoms with E-state index in [1.54, 1.807) is 24.3 Å². The summed E-state index contributed by atoms with van der Waals surface area (Å²) in [6.07, 6.45) is 14.2. The topological polar surface area (TPSA) is 74.3 Å². The lowest BCUT2D eigenvalue weighted by molar-refractivity contribution is 0.00938. The van der Waals surface area contributed by atoms with E-state index >= 15 is 4.39 Å². The predicted molar refractivity (Wildman–Crippen MR) is 254 cm³/mol. The smallest absolute Gasteiger partial charge is 0.343 e. The number of nitrogens with zero attached hydrogens (tertiary/aromatic N) is 1. The predicted octanol–water partition coefficient (Wildman–Crippen LogP) is 13.3. The Bertz CT molecular complexity index is 2760. The van der Waals surface area contributed by atoms with Crippen molar-refractivity contribution in [3.05, 3.63) is 166 Å². The second-order valence-corrected chi connectivity index (χ2v) is 18.7. The number of carbonyl (C=O) groups excluding carboxylic acids is 2. The monoisotopic (exact) mass is 869 g/mol. The van der Waals surface area contributed by atoms with E-state index in [0.29, 0.717) is 58.1 Å². The fourth-order valence-corrected chi connectivity index (χ4v) is 10.7. The Morgan fingerprint density at radius 2 is 1.52 bits per heavy atom. The summed E-state index contributed by atoms with van der Waals surface area (Å²) < 4.78 is 40.8. The number of carbonyl (C=O) groups is 2. The first-order chi connectivity index (χ1) is 31.6. The van der Waals surface area contributed by atoms with E-state index in [1.807, 2.05) is 86.7 Å². The lowest BCUT2D eigenvalue weighted by atomic mass is 9.77. The van der Waals surface area contributed by atoms with E-state index < -0.39 is 29.0 Å². The fraction of sp³-hybridized carbons (Fsp3) is 0.333. The minimum Gasteiger partial charge on any atom is -0.472 e. The average molecular weight is 870 g/mol. The fourth-order valence-electron chi connectivity index (χ4n) is 10.7. The van der Waals surface area contributed by atoms with Gasteiger partial charge in [-0.25, -0.2) is 14.0 Å². The first-order valence-electron chi connectivity index (χ1n) is 23.5. The Morgan fingerprint density at radius 1 is 0.800 bits per heavy atom. The molecule has 0 bridgehead atoms. The third-order valence-corrected chi connectivity index (χ3v) is 14.2. The maximum atomic E-state index is 16.1. The Hall–Kier alpha value is -6.25. The van der Waals surface area contributed by atoms with E-state index in [9.17, 15) is 9.59 Å². The molecule has 0 N–H and O–H groups in total. The largest absolute Gasteiger partial charge is 0.472 e. The van der Waals surface area contributed by atoms with Gasteiger partial charge in [0.2, 0.25) is 0 Å². The summed E-state index contributed by atoms with van der Waals surface area (Å²) in [6.45, 7) is 8.96. The molecular weight excluding hydrogens is 814 g/mol. The zero-order valence-corrected chi connectivity index (χ0v) is 37.5. The molecule has 0 spiro atoms. The average Bonchev–Trinajstić information content (AvgIpc) is 3.59. The minimum absolute atomic E-state index is 0.374. The molecule has 1 saturated heterocycles. The number of esters is 2. The van der Waals surface area contributed by atoms with Crippen LogP contribution < -0.4 is 14.4 Å². The summed E-state index contributed by atoms with van der Waals surface area (Å²) >= 11 is 0. The SMILES string of the molecule is CCCCCC1CCC(c2ccc(OC(=O)c3ccc(-c4ccc5c6c(c7c(c5c4)C(=O)OC7(C)C)C=CC(c4ccc(N5CCOCC5)cc4)(c4ccccc4F)O6)cc3)cc2)CC1. The summed E-state index contributed by atoms with van der Waals surface area (Å²) in [6, 6.07) is 36.1. The Kier molecular flexibility index (Phi) is 11.6. The van der Waals surface area contributed by atoms with Crippen molar-refractivity contribution in [2.75, 3.05) is 31.2 Å². The molecule has 4 aliphatic rings. The van der Waals surface area contributed by atoms with Gasteiger partial charge in [0.1, 0.15) is 22.9 Å². The van der Waals surface area contributed by atoms with Gasteiger partial charge in [0, 0.05) is 51.8 Å². The lowest BCUT2D eigenvalue weighted by Crippen LogP contribution is -2.37. The molecule has 6 aromatic carbocycles. The Morgan fingerprint density at radius 3 is 2.25 bits per heavy atom. The molecule has 0 amide bonds. The zero-order chi connectivity index (χ0) is 44.7. The van der Waals surface area contributed by atoms with Gasteiger partial charge >= 0.3 is 11.9 Å². The van der Waals surface area contributed by atoms with E-state index in [4.69, 9.17) is 18.9 Å². The van der Waals surface area contributed by atoms with Crippen LogP contribution in [0.25, 0.3) is 28.0 Å². The lowest BCUT2D eigenvalue weighted by Gasteiger charge is -2.38. The molecule has 1 saturated carbocycles. The number of hydrogen-bond acceptors (Lipinski definition) is 7. The van der Waals surface area contributed by atoms with Crippen LogP contribution in [-0.2, 0) is 20.7 Å². The number of cyclic esters (lactones) is 1. The molecule has 8 heteroatoms. The Labute approximate surface area is 381 Å². The van der Waals surface area contributed by atoms with E-state index in [2.05, 4.69) is 36.1 Å². The van der Waals surface area contributed by atoms with Crippen LogP contribution in [0.5, 0.6) is 11.5 Å². The second kappa shape index (κ2) is 17.6. The van der Waals surface area contributed by atoms with Crippen molar-refractivity contribution in [2.45, 2.75) is 89.3 Å². The highest BCUT2D eigenvalue weighted by Crippen LogP contribution is 2.53. The number of morpholine rings is 1. The van der Waals surface area contributed by atoms with Gasteiger partial charge in [-0.1, -0.05) is 99.3 Å². The number of hydrogen-bond donors (Lipinski definition) is 0. The number of anilines is 1. The molecule has 0 radical (unpaired) electrons. The summed E-state index contributed by atoms with van der Waals surface area (Å²) in [5.41, 5.74) is 5.29. The van der Waals surface area contributed by atoms with Crippen LogP contribution in [0.3, 0.4) is 0 Å². The molecule has 1 atom stereocenters. The number of unbranched alkanes of at least 4 members (excludes halogenated alkanes) is 2. The molecule has 10 rings (SSSR count). The summed E-state index contributed by atoms with van der Waals surface area (Å²) in [5, 5.41) is 1.37. The maximum absolute atomic E-state index is 16.1. The molecule has 3 heterocycles. The quantitative estimate of drug-likeness (QED) is 0.0729. The Balaban J connectivity index is 0.933. The number of benzene rings is 6. The molecule has 65 heavy (non-hydrogen) atoms. The number of rotatable bonds is 11. The van der Waals surface area contributed by atoms with Crippen molar-refractivity contribution in [3.8, 4) is 22.6 Å². The van der Waals surface area contributed by atoms with Crippen LogP contribution in [-0.4, -0.2) is 38.2 Å². The highest BCUT2D eigenvalue weighted by molar-refractivity contribution is 6.13. The molecule has 7 nitrogen and oxygen atoms in total. The van der Waals surface area contributed by atoms with Gasteiger partial charge in [-0.05, 0) is 129 Å². The molecule has 6 aromatic rings. The van der Waals surface area contributed by atoms with Crippen LogP contribution in [0.2, 0.25) is 0 Å². The van der Waals surface area contributed by atoms with Crippen molar-refractivity contribution < 1.29 is 32.9 Å². The van der Waals surface area contributed by atoms with Gasteiger partial charge in [-0.15, -0.1) is 0 Å².